The minimum atomic E-state index is -0.213. The lowest BCUT2D eigenvalue weighted by atomic mass is 10.1. The van der Waals surface area contributed by atoms with Crippen molar-refractivity contribution in [2.75, 3.05) is 5.32 Å². The number of anilines is 1. The van der Waals surface area contributed by atoms with Gasteiger partial charge in [0.15, 0.2) is 5.78 Å². The molecule has 0 saturated heterocycles. The smallest absolute Gasteiger partial charge is 0.226 e. The van der Waals surface area contributed by atoms with Crippen molar-refractivity contribution < 1.29 is 9.59 Å². The van der Waals surface area contributed by atoms with Gasteiger partial charge in [0.25, 0.3) is 0 Å². The van der Waals surface area contributed by atoms with Gasteiger partial charge in [-0.05, 0) is 19.9 Å². The number of amides is 1. The van der Waals surface area contributed by atoms with E-state index in [1.165, 1.54) is 16.8 Å². The number of hydrogen-bond donors (Lipinski definition) is 1. The molecular weight excluding hydrogens is 282 g/mol. The predicted octanol–water partition coefficient (Wildman–Crippen LogP) is 2.82. The Kier molecular flexibility index (Phi) is 4.39. The Morgan fingerprint density at radius 2 is 2.11 bits per heavy atom. The van der Waals surface area contributed by atoms with E-state index >= 15 is 0 Å². The zero-order chi connectivity index (χ0) is 13.8. The highest BCUT2D eigenvalue weighted by Gasteiger charge is 2.14. The molecule has 0 saturated carbocycles. The van der Waals surface area contributed by atoms with Crippen molar-refractivity contribution in [3.63, 3.8) is 0 Å². The molecule has 19 heavy (non-hydrogen) atoms. The Labute approximate surface area is 118 Å². The van der Waals surface area contributed by atoms with E-state index in [4.69, 9.17) is 0 Å². The van der Waals surface area contributed by atoms with Gasteiger partial charge in [0.2, 0.25) is 11.0 Å². The van der Waals surface area contributed by atoms with Crippen LogP contribution in [0.2, 0.25) is 0 Å². The molecule has 0 fully saturated rings. The molecule has 0 aliphatic carbocycles. The van der Waals surface area contributed by atoms with E-state index in [0.717, 1.165) is 15.3 Å². The fourth-order valence-electron chi connectivity index (χ4n) is 1.68. The van der Waals surface area contributed by atoms with Crippen LogP contribution in [0.4, 0.5) is 5.13 Å². The van der Waals surface area contributed by atoms with Crippen molar-refractivity contribution in [3.05, 3.63) is 26.9 Å². The summed E-state index contributed by atoms with van der Waals surface area (Å²) in [4.78, 5) is 25.7. The fraction of sp³-hybridized carbons (Fsp3) is 0.333. The molecule has 5 nitrogen and oxygen atoms in total. The van der Waals surface area contributed by atoms with E-state index in [2.05, 4.69) is 15.5 Å². The van der Waals surface area contributed by atoms with Crippen LogP contribution in [-0.4, -0.2) is 21.9 Å². The molecule has 0 bridgehead atoms. The molecule has 0 spiro atoms. The summed E-state index contributed by atoms with van der Waals surface area (Å²) < 4.78 is 0. The number of nitrogens with zero attached hydrogens (tertiary/aromatic N) is 2. The highest BCUT2D eigenvalue weighted by molar-refractivity contribution is 7.13. The van der Waals surface area contributed by atoms with E-state index in [0.29, 0.717) is 5.13 Å². The van der Waals surface area contributed by atoms with Crippen molar-refractivity contribution in [2.45, 2.75) is 26.7 Å². The molecular formula is C12H13N3O2S2. The van der Waals surface area contributed by atoms with Crippen LogP contribution in [0.3, 0.4) is 0 Å². The summed E-state index contributed by atoms with van der Waals surface area (Å²) in [5.41, 5.74) is 2.27. The van der Waals surface area contributed by atoms with Crippen LogP contribution in [0.1, 0.15) is 33.0 Å². The Balaban J connectivity index is 1.87. The average Bonchev–Trinajstić information content (AvgIpc) is 2.96. The van der Waals surface area contributed by atoms with E-state index < -0.39 is 0 Å². The third-order valence-corrected chi connectivity index (χ3v) is 4.10. The van der Waals surface area contributed by atoms with Crippen molar-refractivity contribution in [2.24, 2.45) is 0 Å². The van der Waals surface area contributed by atoms with Crippen molar-refractivity contribution in [3.8, 4) is 0 Å². The Morgan fingerprint density at radius 1 is 1.32 bits per heavy atom. The topological polar surface area (TPSA) is 72.0 Å². The summed E-state index contributed by atoms with van der Waals surface area (Å²) >= 11 is 2.85. The monoisotopic (exact) mass is 295 g/mol. The fourth-order valence-corrected chi connectivity index (χ4v) is 3.08. The molecule has 0 aliphatic heterocycles. The highest BCUT2D eigenvalue weighted by Crippen LogP contribution is 2.22. The van der Waals surface area contributed by atoms with Gasteiger partial charge < -0.3 is 5.32 Å². The molecule has 0 atom stereocenters. The minimum Gasteiger partial charge on any atom is -0.301 e. The summed E-state index contributed by atoms with van der Waals surface area (Å²) in [6.45, 7) is 3.89. The Bertz CT molecular complexity index is 590. The number of aryl methyl sites for hydroxylation is 2. The molecule has 1 amide bonds. The summed E-state index contributed by atoms with van der Waals surface area (Å²) in [6, 6.07) is 1.88. The summed E-state index contributed by atoms with van der Waals surface area (Å²) in [6.07, 6.45) is 0.369. The van der Waals surface area contributed by atoms with Crippen molar-refractivity contribution >= 4 is 39.5 Å². The molecule has 2 heterocycles. The second-order valence-electron chi connectivity index (χ2n) is 4.04. The lowest BCUT2D eigenvalue weighted by molar-refractivity contribution is -0.116. The number of ketones is 1. The minimum absolute atomic E-state index is 0.00858. The number of aromatic nitrogens is 2. The summed E-state index contributed by atoms with van der Waals surface area (Å²) in [5, 5.41) is 10.4. The van der Waals surface area contributed by atoms with Gasteiger partial charge in [-0.25, -0.2) is 0 Å². The first kappa shape index (κ1) is 13.8. The van der Waals surface area contributed by atoms with Crippen molar-refractivity contribution in [1.82, 2.24) is 10.2 Å². The maximum atomic E-state index is 12.0. The Hall–Kier alpha value is -1.60. The van der Waals surface area contributed by atoms with Crippen LogP contribution < -0.4 is 5.32 Å². The van der Waals surface area contributed by atoms with Crippen molar-refractivity contribution in [1.29, 1.82) is 0 Å². The van der Waals surface area contributed by atoms with Gasteiger partial charge in [-0.2, -0.15) is 0 Å². The van der Waals surface area contributed by atoms with Crippen LogP contribution in [0.15, 0.2) is 11.6 Å². The van der Waals surface area contributed by atoms with Crippen LogP contribution in [0.25, 0.3) is 0 Å². The molecule has 7 heteroatoms. The molecule has 2 rings (SSSR count). The third-order valence-electron chi connectivity index (χ3n) is 2.53. The Morgan fingerprint density at radius 3 is 2.68 bits per heavy atom. The van der Waals surface area contributed by atoms with Gasteiger partial charge in [0.1, 0.15) is 5.51 Å². The van der Waals surface area contributed by atoms with Gasteiger partial charge in [0, 0.05) is 28.2 Å². The van der Waals surface area contributed by atoms with Gasteiger partial charge in [0.05, 0.1) is 0 Å². The van der Waals surface area contributed by atoms with E-state index in [9.17, 15) is 9.59 Å². The molecule has 0 aliphatic rings. The first-order valence-electron chi connectivity index (χ1n) is 5.72. The molecule has 2 aromatic rings. The number of nitrogens with one attached hydrogen (secondary N) is 1. The molecule has 0 unspecified atom stereocenters. The maximum absolute atomic E-state index is 12.0. The van der Waals surface area contributed by atoms with E-state index in [1.54, 1.807) is 11.3 Å². The van der Waals surface area contributed by atoms with E-state index in [1.807, 2.05) is 19.9 Å². The van der Waals surface area contributed by atoms with Gasteiger partial charge in [-0.1, -0.05) is 11.3 Å². The van der Waals surface area contributed by atoms with E-state index in [-0.39, 0.29) is 24.5 Å². The SMILES string of the molecule is Cc1cc(C(=O)CCC(=O)Nc2nncs2)c(C)s1. The van der Waals surface area contributed by atoms with Crippen LogP contribution in [-0.2, 0) is 4.79 Å². The second kappa shape index (κ2) is 6.03. The number of rotatable bonds is 5. The first-order valence-corrected chi connectivity index (χ1v) is 7.42. The molecule has 0 aromatic carbocycles. The summed E-state index contributed by atoms with van der Waals surface area (Å²) in [5.74, 6) is -0.205. The zero-order valence-electron chi connectivity index (χ0n) is 10.6. The molecule has 0 radical (unpaired) electrons. The second-order valence-corrected chi connectivity index (χ2v) is 6.34. The van der Waals surface area contributed by atoms with Crippen LogP contribution >= 0.6 is 22.7 Å². The number of hydrogen-bond acceptors (Lipinski definition) is 6. The summed E-state index contributed by atoms with van der Waals surface area (Å²) in [7, 11) is 0. The van der Waals surface area contributed by atoms with Gasteiger partial charge in [-0.15, -0.1) is 21.5 Å². The number of thiophene rings is 1. The molecule has 1 N–H and O–H groups in total. The first-order chi connectivity index (χ1) is 9.06. The quantitative estimate of drug-likeness (QED) is 0.861. The molecule has 100 valence electrons. The lowest BCUT2D eigenvalue weighted by Gasteiger charge is -2.01. The lowest BCUT2D eigenvalue weighted by Crippen LogP contribution is -2.13. The third kappa shape index (κ3) is 3.68. The van der Waals surface area contributed by atoms with Gasteiger partial charge in [-0.3, -0.25) is 9.59 Å². The largest absolute Gasteiger partial charge is 0.301 e. The normalized spacial score (nSPS) is 10.4. The number of carbonyl (C=O) groups excluding carboxylic acids is 2. The van der Waals surface area contributed by atoms with Crippen LogP contribution in [0.5, 0.6) is 0 Å². The number of carbonyl (C=O) groups is 2. The maximum Gasteiger partial charge on any atom is 0.226 e. The van der Waals surface area contributed by atoms with Crippen LogP contribution in [0, 0.1) is 13.8 Å². The average molecular weight is 295 g/mol. The molecule has 2 aromatic heterocycles. The number of Topliss-reactive ketones (excluding diaryl/α,β-unsaturated/α-hetero) is 1. The zero-order valence-corrected chi connectivity index (χ0v) is 12.2. The predicted molar refractivity (Wildman–Crippen MR) is 75.9 cm³/mol. The highest BCUT2D eigenvalue weighted by atomic mass is 32.1. The standard InChI is InChI=1S/C12H13N3O2S2/c1-7-5-9(8(2)19-7)10(16)3-4-11(17)14-12-15-13-6-18-12/h5-6H,3-4H2,1-2H3,(H,14,15,17). The van der Waals surface area contributed by atoms with Gasteiger partial charge >= 0.3 is 0 Å².